The second-order valence-electron chi connectivity index (χ2n) is 7.86. The van der Waals surface area contributed by atoms with Gasteiger partial charge in [-0.25, -0.2) is 9.97 Å². The van der Waals surface area contributed by atoms with Crippen molar-refractivity contribution in [2.75, 3.05) is 10.6 Å². The van der Waals surface area contributed by atoms with Crippen LogP contribution in [0, 0.1) is 6.92 Å². The molecule has 0 aliphatic carbocycles. The van der Waals surface area contributed by atoms with Crippen molar-refractivity contribution in [2.45, 2.75) is 6.92 Å². The molecule has 33 heavy (non-hydrogen) atoms. The van der Waals surface area contributed by atoms with E-state index < -0.39 is 0 Å². The van der Waals surface area contributed by atoms with Crippen molar-refractivity contribution >= 4 is 23.0 Å². The monoisotopic (exact) mass is 428 g/mol. The number of hydrogen-bond donors (Lipinski definition) is 2. The van der Waals surface area contributed by atoms with Gasteiger partial charge in [0.2, 0.25) is 5.95 Å². The molecule has 0 bridgehead atoms. The van der Waals surface area contributed by atoms with Crippen LogP contribution in [0.25, 0.3) is 22.5 Å². The van der Waals surface area contributed by atoms with E-state index >= 15 is 0 Å². The van der Waals surface area contributed by atoms with Crippen molar-refractivity contribution in [1.29, 1.82) is 0 Å². The molecule has 0 aliphatic rings. The van der Waals surface area contributed by atoms with Crippen molar-refractivity contribution in [3.63, 3.8) is 0 Å². The van der Waals surface area contributed by atoms with E-state index in [0.29, 0.717) is 5.95 Å². The highest BCUT2D eigenvalue weighted by atomic mass is 15.1. The zero-order valence-electron chi connectivity index (χ0n) is 18.4. The molecule has 0 amide bonds. The van der Waals surface area contributed by atoms with Crippen LogP contribution >= 0.6 is 0 Å². The Kier molecular flexibility index (Phi) is 5.81. The highest BCUT2D eigenvalue weighted by Gasteiger charge is 2.11. The molecular formula is C29H24N4. The fourth-order valence-corrected chi connectivity index (χ4v) is 3.63. The van der Waals surface area contributed by atoms with Crippen LogP contribution in [0.5, 0.6) is 0 Å². The van der Waals surface area contributed by atoms with E-state index in [-0.39, 0.29) is 0 Å². The van der Waals surface area contributed by atoms with Crippen molar-refractivity contribution in [2.24, 2.45) is 0 Å². The Hall–Kier alpha value is -4.44. The highest BCUT2D eigenvalue weighted by molar-refractivity contribution is 5.78. The first kappa shape index (κ1) is 20.5. The molecule has 1 heterocycles. The summed E-state index contributed by atoms with van der Waals surface area (Å²) in [5, 5.41) is 6.93. The van der Waals surface area contributed by atoms with Gasteiger partial charge in [0.1, 0.15) is 0 Å². The van der Waals surface area contributed by atoms with Crippen LogP contribution in [-0.4, -0.2) is 9.97 Å². The van der Waals surface area contributed by atoms with E-state index in [1.54, 1.807) is 0 Å². The Labute approximate surface area is 194 Å². The van der Waals surface area contributed by atoms with E-state index in [9.17, 15) is 0 Å². The van der Waals surface area contributed by atoms with Gasteiger partial charge in [0, 0.05) is 16.8 Å². The number of para-hydroxylation sites is 2. The molecule has 160 valence electrons. The first-order chi connectivity index (χ1) is 16.2. The molecule has 0 saturated heterocycles. The summed E-state index contributed by atoms with van der Waals surface area (Å²) in [5.74, 6) is 0.549. The topological polar surface area (TPSA) is 49.8 Å². The van der Waals surface area contributed by atoms with Gasteiger partial charge in [-0.1, -0.05) is 90.5 Å². The van der Waals surface area contributed by atoms with Crippen LogP contribution in [0.3, 0.4) is 0 Å². The molecule has 0 saturated carbocycles. The zero-order chi connectivity index (χ0) is 22.5. The predicted octanol–water partition coefficient (Wildman–Crippen LogP) is 7.61. The number of rotatable bonds is 6. The third kappa shape index (κ3) is 4.91. The lowest BCUT2D eigenvalue weighted by Crippen LogP contribution is -2.03. The first-order valence-electron chi connectivity index (χ1n) is 10.9. The Morgan fingerprint density at radius 2 is 1.00 bits per heavy atom. The SMILES string of the molecule is Cc1ccc(Nc2ccccc2Nc2nc(-c3ccccc3)cc(-c3ccccc3)n2)cc1. The maximum Gasteiger partial charge on any atom is 0.228 e. The molecule has 4 aromatic carbocycles. The van der Waals surface area contributed by atoms with Gasteiger partial charge in [0.05, 0.1) is 22.8 Å². The Balaban J connectivity index is 1.53. The summed E-state index contributed by atoms with van der Waals surface area (Å²) in [4.78, 5) is 9.67. The smallest absolute Gasteiger partial charge is 0.228 e. The lowest BCUT2D eigenvalue weighted by molar-refractivity contribution is 1.17. The molecule has 0 spiro atoms. The van der Waals surface area contributed by atoms with Gasteiger partial charge in [-0.3, -0.25) is 0 Å². The summed E-state index contributed by atoms with van der Waals surface area (Å²) in [7, 11) is 0. The summed E-state index contributed by atoms with van der Waals surface area (Å²) in [6, 6.07) is 38.8. The van der Waals surface area contributed by atoms with Crippen molar-refractivity contribution < 1.29 is 0 Å². The Bertz CT molecular complexity index is 1290. The van der Waals surface area contributed by atoms with E-state index in [1.165, 1.54) is 5.56 Å². The van der Waals surface area contributed by atoms with Gasteiger partial charge in [0.15, 0.2) is 0 Å². The molecule has 0 radical (unpaired) electrons. The summed E-state index contributed by atoms with van der Waals surface area (Å²) in [6.45, 7) is 2.08. The molecule has 2 N–H and O–H groups in total. The first-order valence-corrected chi connectivity index (χ1v) is 10.9. The maximum atomic E-state index is 4.83. The minimum Gasteiger partial charge on any atom is -0.354 e. The number of nitrogens with zero attached hydrogens (tertiary/aromatic N) is 2. The molecule has 4 heteroatoms. The lowest BCUT2D eigenvalue weighted by Gasteiger charge is -2.15. The van der Waals surface area contributed by atoms with E-state index in [0.717, 1.165) is 39.6 Å². The number of nitrogens with one attached hydrogen (secondary N) is 2. The zero-order valence-corrected chi connectivity index (χ0v) is 18.4. The number of aromatic nitrogens is 2. The average Bonchev–Trinajstić information content (AvgIpc) is 2.87. The van der Waals surface area contributed by atoms with Crippen LogP contribution in [0.2, 0.25) is 0 Å². The van der Waals surface area contributed by atoms with Crippen LogP contribution in [0.4, 0.5) is 23.0 Å². The van der Waals surface area contributed by atoms with Gasteiger partial charge in [0.25, 0.3) is 0 Å². The normalized spacial score (nSPS) is 10.6. The third-order valence-electron chi connectivity index (χ3n) is 5.37. The van der Waals surface area contributed by atoms with Crippen molar-refractivity contribution in [3.8, 4) is 22.5 Å². The minimum absolute atomic E-state index is 0.549. The average molecular weight is 429 g/mol. The molecule has 0 aliphatic heterocycles. The standard InChI is InChI=1S/C29H24N4/c1-21-16-18-24(19-17-21)30-25-14-8-9-15-26(25)31-29-32-27(22-10-4-2-5-11-22)20-28(33-29)23-12-6-3-7-13-23/h2-20,30H,1H3,(H,31,32,33). The molecule has 0 fully saturated rings. The second kappa shape index (κ2) is 9.37. The number of aryl methyl sites for hydroxylation is 1. The van der Waals surface area contributed by atoms with Gasteiger partial charge in [-0.2, -0.15) is 0 Å². The molecule has 4 nitrogen and oxygen atoms in total. The van der Waals surface area contributed by atoms with Gasteiger partial charge in [-0.05, 0) is 37.3 Å². The summed E-state index contributed by atoms with van der Waals surface area (Å²) < 4.78 is 0. The molecule has 1 aromatic heterocycles. The molecular weight excluding hydrogens is 404 g/mol. The predicted molar refractivity (Wildman–Crippen MR) is 137 cm³/mol. The van der Waals surface area contributed by atoms with Crippen LogP contribution in [-0.2, 0) is 0 Å². The molecule has 5 rings (SSSR count). The highest BCUT2D eigenvalue weighted by Crippen LogP contribution is 2.30. The van der Waals surface area contributed by atoms with Crippen molar-refractivity contribution in [1.82, 2.24) is 9.97 Å². The maximum absolute atomic E-state index is 4.83. The lowest BCUT2D eigenvalue weighted by atomic mass is 10.1. The molecule has 5 aromatic rings. The largest absolute Gasteiger partial charge is 0.354 e. The second-order valence-corrected chi connectivity index (χ2v) is 7.86. The van der Waals surface area contributed by atoms with Gasteiger partial charge < -0.3 is 10.6 Å². The number of hydrogen-bond acceptors (Lipinski definition) is 4. The fourth-order valence-electron chi connectivity index (χ4n) is 3.63. The summed E-state index contributed by atoms with van der Waals surface area (Å²) in [5.41, 5.74) is 7.95. The molecule has 0 atom stereocenters. The van der Waals surface area contributed by atoms with Crippen LogP contribution in [0.1, 0.15) is 5.56 Å². The van der Waals surface area contributed by atoms with E-state index in [2.05, 4.69) is 66.1 Å². The number of anilines is 4. The van der Waals surface area contributed by atoms with E-state index in [1.807, 2.05) is 66.7 Å². The van der Waals surface area contributed by atoms with Crippen LogP contribution < -0.4 is 10.6 Å². The Morgan fingerprint density at radius 3 is 1.55 bits per heavy atom. The van der Waals surface area contributed by atoms with Gasteiger partial charge in [-0.15, -0.1) is 0 Å². The van der Waals surface area contributed by atoms with Gasteiger partial charge >= 0.3 is 0 Å². The van der Waals surface area contributed by atoms with Crippen molar-refractivity contribution in [3.05, 3.63) is 121 Å². The summed E-state index contributed by atoms with van der Waals surface area (Å²) >= 11 is 0. The summed E-state index contributed by atoms with van der Waals surface area (Å²) in [6.07, 6.45) is 0. The minimum atomic E-state index is 0.549. The Morgan fingerprint density at radius 1 is 0.515 bits per heavy atom. The van der Waals surface area contributed by atoms with Crippen LogP contribution in [0.15, 0.2) is 115 Å². The quantitative estimate of drug-likeness (QED) is 0.292. The fraction of sp³-hybridized carbons (Fsp3) is 0.0345. The molecule has 0 unspecified atom stereocenters. The third-order valence-corrected chi connectivity index (χ3v) is 5.37. The van der Waals surface area contributed by atoms with E-state index in [4.69, 9.17) is 9.97 Å². The number of benzene rings is 4.